The number of amides is 2. The van der Waals surface area contributed by atoms with Crippen LogP contribution in [0.5, 0.6) is 0 Å². The molecule has 0 radical (unpaired) electrons. The molecule has 1 fully saturated rings. The van der Waals surface area contributed by atoms with Gasteiger partial charge in [-0.25, -0.2) is 4.79 Å². The van der Waals surface area contributed by atoms with E-state index in [1.807, 2.05) is 0 Å². The van der Waals surface area contributed by atoms with Crippen LogP contribution in [0.15, 0.2) is 0 Å². The van der Waals surface area contributed by atoms with Gasteiger partial charge in [0.25, 0.3) is 0 Å². The maximum atomic E-state index is 12.4. The summed E-state index contributed by atoms with van der Waals surface area (Å²) in [7, 11) is 0. The van der Waals surface area contributed by atoms with E-state index in [0.717, 1.165) is 0 Å². The third-order valence-corrected chi connectivity index (χ3v) is 2.96. The van der Waals surface area contributed by atoms with Crippen LogP contribution < -0.4 is 5.32 Å². The summed E-state index contributed by atoms with van der Waals surface area (Å²) in [5, 5.41) is 10.8. The number of piperidine rings is 1. The normalized spacial score (nSPS) is 19.4. The molecule has 1 aliphatic rings. The van der Waals surface area contributed by atoms with Gasteiger partial charge in [-0.1, -0.05) is 0 Å². The Morgan fingerprint density at radius 3 is 2.22 bits per heavy atom. The highest BCUT2D eigenvalue weighted by molar-refractivity contribution is 5.82. The highest BCUT2D eigenvalue weighted by Crippen LogP contribution is 2.33. The monoisotopic (exact) mass is 268 g/mol. The number of urea groups is 1. The van der Waals surface area contributed by atoms with Crippen molar-refractivity contribution in [1.82, 2.24) is 10.2 Å². The van der Waals surface area contributed by atoms with Crippen molar-refractivity contribution in [3.8, 4) is 0 Å². The van der Waals surface area contributed by atoms with Gasteiger partial charge in [-0.05, 0) is 19.8 Å². The Hall–Kier alpha value is -1.47. The number of hydrogen-bond donors (Lipinski definition) is 2. The number of likely N-dealkylation sites (tertiary alicyclic amines) is 1. The molecule has 1 rings (SSSR count). The number of hydrogen-bond acceptors (Lipinski definition) is 2. The second-order valence-corrected chi connectivity index (χ2v) is 4.31. The second kappa shape index (κ2) is 5.45. The molecule has 18 heavy (non-hydrogen) atoms. The van der Waals surface area contributed by atoms with Gasteiger partial charge in [0.15, 0.2) is 0 Å². The van der Waals surface area contributed by atoms with Gasteiger partial charge in [0.2, 0.25) is 0 Å². The fraction of sp³-hybridized carbons (Fsp3) is 0.800. The lowest BCUT2D eigenvalue weighted by atomic mass is 9.96. The zero-order valence-electron chi connectivity index (χ0n) is 9.83. The van der Waals surface area contributed by atoms with E-state index in [1.165, 1.54) is 11.8 Å². The van der Waals surface area contributed by atoms with Crippen molar-refractivity contribution in [2.75, 3.05) is 13.1 Å². The van der Waals surface area contributed by atoms with Crippen molar-refractivity contribution in [2.45, 2.75) is 32.0 Å². The van der Waals surface area contributed by atoms with Crippen molar-refractivity contribution in [3.05, 3.63) is 0 Å². The molecule has 0 aromatic carbocycles. The molecule has 104 valence electrons. The first-order chi connectivity index (χ1) is 8.21. The van der Waals surface area contributed by atoms with Crippen LogP contribution >= 0.6 is 0 Å². The van der Waals surface area contributed by atoms with Crippen LogP contribution in [0, 0.1) is 5.92 Å². The number of nitrogens with zero attached hydrogens (tertiary/aromatic N) is 1. The van der Waals surface area contributed by atoms with Crippen LogP contribution in [0.2, 0.25) is 0 Å². The number of halogens is 3. The summed E-state index contributed by atoms with van der Waals surface area (Å²) in [6.45, 7) is 1.27. The number of carboxylic acids is 1. The zero-order chi connectivity index (χ0) is 13.9. The topological polar surface area (TPSA) is 69.6 Å². The molecule has 2 amide bonds. The second-order valence-electron chi connectivity index (χ2n) is 4.31. The number of nitrogens with one attached hydrogen (secondary N) is 1. The van der Waals surface area contributed by atoms with Crippen molar-refractivity contribution in [2.24, 2.45) is 5.92 Å². The molecule has 2 N–H and O–H groups in total. The van der Waals surface area contributed by atoms with Gasteiger partial charge >= 0.3 is 18.2 Å². The lowest BCUT2D eigenvalue weighted by Crippen LogP contribution is -2.50. The highest BCUT2D eigenvalue weighted by atomic mass is 19.4. The quantitative estimate of drug-likeness (QED) is 0.796. The summed E-state index contributed by atoms with van der Waals surface area (Å²) in [5.41, 5.74) is 0. The number of carboxylic acid groups (broad SMARTS) is 1. The molecule has 0 unspecified atom stereocenters. The highest BCUT2D eigenvalue weighted by Gasteiger charge is 2.41. The minimum atomic E-state index is -4.23. The van der Waals surface area contributed by atoms with Crippen LogP contribution in [0.4, 0.5) is 18.0 Å². The Morgan fingerprint density at radius 1 is 1.33 bits per heavy atom. The standard InChI is InChI=1S/C10H15F3N2O3/c1-6(8(16)17)14-9(18)15-4-2-7(3-5-15)10(11,12)13/h6-7H,2-5H2,1H3,(H,14,18)(H,16,17)/t6-/m1/s1. The van der Waals surface area contributed by atoms with Crippen LogP contribution in [-0.2, 0) is 4.79 Å². The largest absolute Gasteiger partial charge is 0.480 e. The zero-order valence-corrected chi connectivity index (χ0v) is 9.83. The van der Waals surface area contributed by atoms with Gasteiger partial charge in [-0.2, -0.15) is 13.2 Å². The minimum Gasteiger partial charge on any atom is -0.480 e. The molecule has 1 atom stereocenters. The molecule has 5 nitrogen and oxygen atoms in total. The van der Waals surface area contributed by atoms with E-state index in [-0.39, 0.29) is 25.9 Å². The number of alkyl halides is 3. The SMILES string of the molecule is C[C@@H](NC(=O)N1CCC(C(F)(F)F)CC1)C(=O)O. The Morgan fingerprint density at radius 2 is 1.83 bits per heavy atom. The Balaban J connectivity index is 2.43. The van der Waals surface area contributed by atoms with Gasteiger partial charge in [-0.3, -0.25) is 4.79 Å². The van der Waals surface area contributed by atoms with Crippen LogP contribution in [-0.4, -0.2) is 47.3 Å². The van der Waals surface area contributed by atoms with E-state index < -0.39 is 30.1 Å². The molecular weight excluding hydrogens is 253 g/mol. The van der Waals surface area contributed by atoms with Gasteiger partial charge < -0.3 is 15.3 Å². The predicted molar refractivity (Wildman–Crippen MR) is 56.0 cm³/mol. The van der Waals surface area contributed by atoms with Crippen LogP contribution in [0.1, 0.15) is 19.8 Å². The number of aliphatic carboxylic acids is 1. The summed E-state index contributed by atoms with van der Waals surface area (Å²) in [5.74, 6) is -2.56. The molecule has 1 heterocycles. The van der Waals surface area contributed by atoms with Crippen molar-refractivity contribution < 1.29 is 27.9 Å². The molecule has 0 saturated carbocycles. The van der Waals surface area contributed by atoms with E-state index >= 15 is 0 Å². The number of carbonyl (C=O) groups is 2. The summed E-state index contributed by atoms with van der Waals surface area (Å²) >= 11 is 0. The van der Waals surface area contributed by atoms with Crippen molar-refractivity contribution in [3.63, 3.8) is 0 Å². The molecule has 1 aliphatic heterocycles. The molecule has 0 bridgehead atoms. The number of rotatable bonds is 2. The van der Waals surface area contributed by atoms with E-state index in [2.05, 4.69) is 5.32 Å². The maximum Gasteiger partial charge on any atom is 0.391 e. The van der Waals surface area contributed by atoms with Crippen molar-refractivity contribution in [1.29, 1.82) is 0 Å². The van der Waals surface area contributed by atoms with E-state index in [4.69, 9.17) is 5.11 Å². The lowest BCUT2D eigenvalue weighted by molar-refractivity contribution is -0.183. The van der Waals surface area contributed by atoms with Gasteiger partial charge in [0.1, 0.15) is 6.04 Å². The summed E-state index contributed by atoms with van der Waals surface area (Å²) < 4.78 is 37.2. The summed E-state index contributed by atoms with van der Waals surface area (Å²) in [4.78, 5) is 23.3. The Labute approximate surface area is 102 Å². The first-order valence-electron chi connectivity index (χ1n) is 5.56. The third-order valence-electron chi connectivity index (χ3n) is 2.96. The Bertz CT molecular complexity index is 325. The fourth-order valence-corrected chi connectivity index (χ4v) is 1.75. The van der Waals surface area contributed by atoms with Gasteiger partial charge in [0.05, 0.1) is 5.92 Å². The van der Waals surface area contributed by atoms with Crippen molar-refractivity contribution >= 4 is 12.0 Å². The number of carbonyl (C=O) groups excluding carboxylic acids is 1. The average Bonchev–Trinajstić information content (AvgIpc) is 2.27. The van der Waals surface area contributed by atoms with E-state index in [1.54, 1.807) is 0 Å². The molecule has 0 aromatic heterocycles. The summed E-state index contributed by atoms with van der Waals surface area (Å²) in [6, 6.07) is -1.69. The van der Waals surface area contributed by atoms with E-state index in [0.29, 0.717) is 0 Å². The first kappa shape index (κ1) is 14.6. The summed E-state index contributed by atoms with van der Waals surface area (Å²) in [6.07, 6.45) is -4.51. The fourth-order valence-electron chi connectivity index (χ4n) is 1.75. The molecule has 1 saturated heterocycles. The molecule has 8 heteroatoms. The first-order valence-corrected chi connectivity index (χ1v) is 5.56. The van der Waals surface area contributed by atoms with E-state index in [9.17, 15) is 22.8 Å². The Kier molecular flexibility index (Phi) is 4.42. The smallest absolute Gasteiger partial charge is 0.391 e. The molecule has 0 aromatic rings. The van der Waals surface area contributed by atoms with Gasteiger partial charge in [0, 0.05) is 13.1 Å². The minimum absolute atomic E-state index is 0.0116. The third kappa shape index (κ3) is 3.78. The lowest BCUT2D eigenvalue weighted by Gasteiger charge is -2.33. The van der Waals surface area contributed by atoms with Crippen LogP contribution in [0.3, 0.4) is 0 Å². The predicted octanol–water partition coefficient (Wildman–Crippen LogP) is 1.44. The molecule has 0 spiro atoms. The maximum absolute atomic E-state index is 12.4. The molecule has 0 aliphatic carbocycles. The van der Waals surface area contributed by atoms with Gasteiger partial charge in [-0.15, -0.1) is 0 Å². The van der Waals surface area contributed by atoms with Crippen LogP contribution in [0.25, 0.3) is 0 Å². The molecular formula is C10H15F3N2O3. The average molecular weight is 268 g/mol.